The number of rotatable bonds is 64. The van der Waals surface area contributed by atoms with E-state index >= 15 is 0 Å². The minimum absolute atomic E-state index is 0.0538. The Morgan fingerprint density at radius 2 is 0.736 bits per heavy atom. The summed E-state index contributed by atoms with van der Waals surface area (Å²) < 4.78 is 350. The average Bonchev–Trinajstić information content (AvgIpc) is 0.831. The number of unbranched alkanes of at least 4 members (excludes halogenated alkanes) is 3. The first-order chi connectivity index (χ1) is 51.0. The van der Waals surface area contributed by atoms with Crippen molar-refractivity contribution in [2.45, 2.75) is 224 Å². The number of amides is 3. The molecule has 5 N–H and O–H groups in total. The molecule has 0 aliphatic carbocycles. The van der Waals surface area contributed by atoms with E-state index in [2.05, 4.69) is 5.32 Å². The van der Waals surface area contributed by atoms with Crippen LogP contribution in [-0.2, 0) is 87.8 Å². The Balaban J connectivity index is 7.75. The lowest BCUT2D eigenvalue weighted by molar-refractivity contribution is -0.173. The van der Waals surface area contributed by atoms with Crippen molar-refractivity contribution in [2.24, 2.45) is 16.2 Å². The maximum atomic E-state index is 14.8. The van der Waals surface area contributed by atoms with E-state index in [1.165, 1.54) is 10.6 Å². The number of nitrogens with zero attached hydrogens (tertiary/aromatic N) is 3. The largest absolute Gasteiger partial charge is 0.475 e. The predicted octanol–water partition coefficient (Wildman–Crippen LogP) is 14.8. The number of alkyl halides is 18. The van der Waals surface area contributed by atoms with Crippen LogP contribution in [0.4, 0.5) is 79.0 Å². The molecule has 5 unspecified atom stereocenters. The van der Waals surface area contributed by atoms with Crippen LogP contribution in [-0.4, -0.2) is 195 Å². The number of phosphoric ester groups is 3. The number of halogens is 18. The van der Waals surface area contributed by atoms with Crippen LogP contribution in [0.25, 0.3) is 0 Å². The summed E-state index contributed by atoms with van der Waals surface area (Å²) in [6.45, 7) is -11.1. The zero-order chi connectivity index (χ0) is 83.9. The molecule has 0 heterocycles. The zero-order valence-electron chi connectivity index (χ0n) is 60.5. The van der Waals surface area contributed by atoms with Gasteiger partial charge < -0.3 is 40.4 Å². The monoisotopic (exact) mass is 1700 g/mol. The fraction of sp³-hybridized carbons (Fsp3) is 0.887. The van der Waals surface area contributed by atoms with Crippen molar-refractivity contribution in [3.05, 3.63) is 0 Å². The number of nitriles is 3. The molecule has 0 bridgehead atoms. The van der Waals surface area contributed by atoms with Gasteiger partial charge >= 0.3 is 78.3 Å². The highest BCUT2D eigenvalue weighted by molar-refractivity contribution is 7.49. The van der Waals surface area contributed by atoms with Crippen molar-refractivity contribution in [1.29, 1.82) is 15.8 Å². The number of aliphatic hydroxyl groups is 2. The van der Waals surface area contributed by atoms with Crippen LogP contribution in [0.5, 0.6) is 0 Å². The molecule has 0 aliphatic rings. The summed E-state index contributed by atoms with van der Waals surface area (Å²) in [6.07, 6.45) is -48.3. The van der Waals surface area contributed by atoms with Crippen molar-refractivity contribution in [3.63, 3.8) is 0 Å². The number of hydrogen-bond acceptors (Lipinski definition) is 24. The first-order valence-electron chi connectivity index (χ1n) is 34.6. The summed E-state index contributed by atoms with van der Waals surface area (Å²) in [5.41, 5.74) is -5.74. The number of phosphoric acid groups is 3. The molecule has 0 aliphatic heterocycles. The van der Waals surface area contributed by atoms with E-state index in [-0.39, 0.29) is 31.8 Å². The van der Waals surface area contributed by atoms with Gasteiger partial charge in [0, 0.05) is 57.2 Å². The first kappa shape index (κ1) is 105. The molecule has 0 spiro atoms. The number of aliphatic hydroxyl groups excluding tert-OH is 2. The summed E-state index contributed by atoms with van der Waals surface area (Å²) >= 11 is 0. The number of esters is 1. The highest BCUT2D eigenvalue weighted by Crippen LogP contribution is 2.57. The fourth-order valence-electron chi connectivity index (χ4n) is 10.0. The van der Waals surface area contributed by atoms with Crippen LogP contribution >= 0.6 is 23.5 Å². The summed E-state index contributed by atoms with van der Waals surface area (Å²) in [5.74, 6) is -5.85. The van der Waals surface area contributed by atoms with Crippen LogP contribution in [0.1, 0.15) is 174 Å². The van der Waals surface area contributed by atoms with Gasteiger partial charge in [-0.3, -0.25) is 59.9 Å². The second-order valence-corrected chi connectivity index (χ2v) is 30.5. The van der Waals surface area contributed by atoms with E-state index in [0.717, 1.165) is 6.92 Å². The third-order valence-corrected chi connectivity index (χ3v) is 19.9. The lowest BCUT2D eigenvalue weighted by Crippen LogP contribution is -2.38. The zero-order valence-corrected chi connectivity index (χ0v) is 63.2. The van der Waals surface area contributed by atoms with Gasteiger partial charge in [0.25, 0.3) is 0 Å². The van der Waals surface area contributed by atoms with Crippen LogP contribution in [0.2, 0.25) is 0 Å². The van der Waals surface area contributed by atoms with Crippen LogP contribution in [0, 0.1) is 50.2 Å². The van der Waals surface area contributed by atoms with Gasteiger partial charge in [0.1, 0.15) is 12.2 Å². The summed E-state index contributed by atoms with van der Waals surface area (Å²) in [6, 6.07) is 5.00. The number of hydrogen-bond donors (Lipinski definition) is 5. The van der Waals surface area contributed by atoms with Gasteiger partial charge in [0.05, 0.1) is 136 Å². The Labute approximate surface area is 624 Å². The fourth-order valence-corrected chi connectivity index (χ4v) is 14.3. The van der Waals surface area contributed by atoms with E-state index in [4.69, 9.17) is 54.9 Å². The Morgan fingerprint density at radius 3 is 1.06 bits per heavy atom. The third-order valence-electron chi connectivity index (χ3n) is 15.5. The van der Waals surface area contributed by atoms with Crippen LogP contribution < -0.4 is 16.0 Å². The molecule has 0 rings (SSSR count). The summed E-state index contributed by atoms with van der Waals surface area (Å²) in [7, 11) is -15.8. The van der Waals surface area contributed by atoms with Gasteiger partial charge in [0.2, 0.25) is 5.91 Å². The van der Waals surface area contributed by atoms with Crippen molar-refractivity contribution < 1.29 is 177 Å². The highest BCUT2D eigenvalue weighted by Gasteiger charge is 2.45. The van der Waals surface area contributed by atoms with Crippen LogP contribution in [0.15, 0.2) is 0 Å². The topological polar surface area (TPSA) is 378 Å². The van der Waals surface area contributed by atoms with E-state index in [1.54, 1.807) is 25.1 Å². The molecular formula is C62H97F18N6O21P3. The predicted molar refractivity (Wildman–Crippen MR) is 347 cm³/mol. The molecule has 0 fully saturated rings. The molecule has 0 saturated heterocycles. The van der Waals surface area contributed by atoms with Crippen molar-refractivity contribution in [3.8, 4) is 18.2 Å². The maximum Gasteiger partial charge on any atom is 0.475 e. The lowest BCUT2D eigenvalue weighted by atomic mass is 9.75. The third kappa shape index (κ3) is 53.4. The standard InChI is InChI=1S/C62H97F18N6O21P3/c1-3-84-50(89)17-18-51(90)98-34-6-4-5-7-35-99-108(93,100-36-14-29-81)103-43-54(2,44-104-109(94,101-37-15-30-82)106-48(39-87)41-96-46-55(19-8-25-57(63,64)65,20-9-26-58(66,67)68)23-12-32-85-52(91)61(75,76)77)45-105-110(95,102-38-16-31-83)107-49(40-88)42-97-47-56(21-10-27-59(69,70)71,22-11-28-60(72,73)74)24-13-33-86-53(92)62(78,79)80/h48-49,87-88H,3-28,32-47H2,1-2H3,(H,84,89)(H,85,91)(H,86,92). The summed E-state index contributed by atoms with van der Waals surface area (Å²) in [5, 5.41) is 54.8. The molecule has 3 amide bonds. The molecule has 0 aromatic heterocycles. The molecular weight excluding hydrogens is 1600 g/mol. The first-order valence-corrected chi connectivity index (χ1v) is 39.0. The number of carbonyl (C=O) groups is 4. The minimum atomic E-state index is -5.43. The Hall–Kier alpha value is -4.74. The van der Waals surface area contributed by atoms with Crippen molar-refractivity contribution in [2.75, 3.05) is 112 Å². The Morgan fingerprint density at radius 1 is 0.409 bits per heavy atom. The molecule has 110 heavy (non-hydrogen) atoms. The Bertz CT molecular complexity index is 2740. The molecule has 5 atom stereocenters. The van der Waals surface area contributed by atoms with E-state index in [1.807, 2.05) is 0 Å². The van der Waals surface area contributed by atoms with Gasteiger partial charge in [-0.2, -0.15) is 94.8 Å². The lowest BCUT2D eigenvalue weighted by Gasteiger charge is -2.35. The van der Waals surface area contributed by atoms with Crippen molar-refractivity contribution in [1.82, 2.24) is 16.0 Å². The van der Waals surface area contributed by atoms with Gasteiger partial charge in [-0.15, -0.1) is 0 Å². The number of nitrogens with one attached hydrogen (secondary N) is 3. The molecule has 642 valence electrons. The van der Waals surface area contributed by atoms with Crippen molar-refractivity contribution >= 4 is 47.2 Å². The van der Waals surface area contributed by atoms with Gasteiger partial charge in [-0.1, -0.05) is 13.3 Å². The molecule has 0 aromatic rings. The smallest absolute Gasteiger partial charge is 0.466 e. The number of ether oxygens (including phenoxy) is 3. The summed E-state index contributed by atoms with van der Waals surface area (Å²) in [4.78, 5) is 46.9. The molecule has 0 radical (unpaired) electrons. The maximum absolute atomic E-state index is 14.8. The molecule has 27 nitrogen and oxygen atoms in total. The van der Waals surface area contributed by atoms with Gasteiger partial charge in [0.15, 0.2) is 0 Å². The van der Waals surface area contributed by atoms with E-state index in [9.17, 15) is 138 Å². The normalized spacial score (nSPS) is 15.6. The number of carbonyl (C=O) groups excluding carboxylic acids is 4. The van der Waals surface area contributed by atoms with Crippen LogP contribution in [0.3, 0.4) is 0 Å². The van der Waals surface area contributed by atoms with E-state index < -0.39 is 328 Å². The quantitative estimate of drug-likeness (QED) is 0.0163. The van der Waals surface area contributed by atoms with Gasteiger partial charge in [-0.05, 0) is 114 Å². The second kappa shape index (κ2) is 52.7. The second-order valence-electron chi connectivity index (χ2n) is 25.6. The molecule has 0 saturated carbocycles. The van der Waals surface area contributed by atoms with E-state index in [0.29, 0.717) is 25.8 Å². The molecule has 48 heteroatoms. The minimum Gasteiger partial charge on any atom is -0.466 e. The van der Waals surface area contributed by atoms with Gasteiger partial charge in [-0.25, -0.2) is 13.7 Å². The SMILES string of the molecule is CCNC(=O)CCC(=O)OCCCCCCOP(=O)(OCCC#N)OCC(C)(COP(=O)(OCCC#N)OC(CO)COCC(CCCNC(=O)C(F)(F)F)(CCCC(F)(F)F)CCCC(F)(F)F)COP(=O)(OCCC#N)OC(CO)COCC(CCCNC(=O)C(F)(F)F)(CCCC(F)(F)F)CCCC(F)(F)F. The highest BCUT2D eigenvalue weighted by atomic mass is 31.2. The average molecular weight is 1700 g/mol. The molecule has 0 aromatic carbocycles. The Kier molecular flexibility index (Phi) is 50.4.